The Bertz CT molecular complexity index is 366. The van der Waals surface area contributed by atoms with Gasteiger partial charge in [-0.25, -0.2) is 4.98 Å². The number of nitrogens with one attached hydrogen (secondary N) is 1. The predicted molar refractivity (Wildman–Crippen MR) is 73.9 cm³/mol. The summed E-state index contributed by atoms with van der Waals surface area (Å²) in [6.07, 6.45) is 2.06. The normalized spacial score (nSPS) is 12.8. The van der Waals surface area contributed by atoms with Gasteiger partial charge in [0.2, 0.25) is 5.88 Å². The highest BCUT2D eigenvalue weighted by molar-refractivity contribution is 5.17. The first kappa shape index (κ1) is 14.9. The first-order chi connectivity index (χ1) is 8.56. The molecule has 0 saturated heterocycles. The monoisotopic (exact) mass is 251 g/mol. The maximum Gasteiger partial charge on any atom is 0.216 e. The molecule has 0 bridgehead atoms. The van der Waals surface area contributed by atoms with Crippen LogP contribution in [-0.4, -0.2) is 29.7 Å². The molecule has 0 aliphatic rings. The Hall–Kier alpha value is -1.16. The highest BCUT2D eigenvalue weighted by Gasteiger charge is 2.14. The molecule has 1 aromatic rings. The van der Waals surface area contributed by atoms with Gasteiger partial charge in [-0.2, -0.15) is 4.98 Å². The molecule has 4 nitrogen and oxygen atoms in total. The van der Waals surface area contributed by atoms with Crippen LogP contribution in [0.2, 0.25) is 0 Å². The third-order valence-electron chi connectivity index (χ3n) is 2.97. The molecule has 18 heavy (non-hydrogen) atoms. The van der Waals surface area contributed by atoms with Crippen molar-refractivity contribution in [2.24, 2.45) is 5.92 Å². The number of rotatable bonds is 7. The molecule has 1 unspecified atom stereocenters. The van der Waals surface area contributed by atoms with E-state index < -0.39 is 0 Å². The quantitative estimate of drug-likeness (QED) is 0.808. The molecule has 4 heteroatoms. The van der Waals surface area contributed by atoms with Crippen molar-refractivity contribution in [3.63, 3.8) is 0 Å². The van der Waals surface area contributed by atoms with Crippen molar-refractivity contribution in [1.29, 1.82) is 0 Å². The predicted octanol–water partition coefficient (Wildman–Crippen LogP) is 2.36. The fraction of sp³-hybridized carbons (Fsp3) is 0.714. The summed E-state index contributed by atoms with van der Waals surface area (Å²) in [5, 5.41) is 3.57. The molecule has 1 rings (SSSR count). The fourth-order valence-corrected chi connectivity index (χ4v) is 1.91. The molecule has 0 spiro atoms. The van der Waals surface area contributed by atoms with E-state index in [1.165, 1.54) is 0 Å². The molecule has 1 atom stereocenters. The highest BCUT2D eigenvalue weighted by atomic mass is 16.5. The number of aromatic nitrogens is 2. The van der Waals surface area contributed by atoms with Crippen molar-refractivity contribution in [2.45, 2.75) is 46.6 Å². The lowest BCUT2D eigenvalue weighted by atomic mass is 9.99. The molecule has 0 radical (unpaired) electrons. The van der Waals surface area contributed by atoms with E-state index in [4.69, 9.17) is 4.74 Å². The van der Waals surface area contributed by atoms with Crippen molar-refractivity contribution < 1.29 is 4.74 Å². The largest absolute Gasteiger partial charge is 0.481 e. The maximum atomic E-state index is 5.19. The lowest BCUT2D eigenvalue weighted by molar-refractivity contribution is 0.383. The average molecular weight is 251 g/mol. The summed E-state index contributed by atoms with van der Waals surface area (Å²) in [4.78, 5) is 8.69. The first-order valence-corrected chi connectivity index (χ1v) is 6.68. The minimum atomic E-state index is 0.448. The second kappa shape index (κ2) is 7.31. The third kappa shape index (κ3) is 4.61. The van der Waals surface area contributed by atoms with Gasteiger partial charge in [0.15, 0.2) is 0 Å². The Morgan fingerprint density at radius 2 is 2.06 bits per heavy atom. The number of nitrogens with zero attached hydrogens (tertiary/aromatic N) is 2. The zero-order valence-electron chi connectivity index (χ0n) is 12.2. The lowest BCUT2D eigenvalue weighted by Gasteiger charge is -2.22. The van der Waals surface area contributed by atoms with Crippen molar-refractivity contribution in [1.82, 2.24) is 15.3 Å². The summed E-state index contributed by atoms with van der Waals surface area (Å²) in [6.45, 7) is 9.60. The maximum absolute atomic E-state index is 5.19. The van der Waals surface area contributed by atoms with Gasteiger partial charge >= 0.3 is 0 Å². The van der Waals surface area contributed by atoms with Crippen LogP contribution in [-0.2, 0) is 6.42 Å². The second-order valence-electron chi connectivity index (χ2n) is 4.96. The summed E-state index contributed by atoms with van der Waals surface area (Å²) in [6, 6.07) is 2.37. The smallest absolute Gasteiger partial charge is 0.216 e. The second-order valence-corrected chi connectivity index (χ2v) is 4.96. The molecule has 0 fully saturated rings. The molecule has 1 aromatic heterocycles. The zero-order valence-corrected chi connectivity index (χ0v) is 12.2. The Morgan fingerprint density at radius 1 is 1.33 bits per heavy atom. The van der Waals surface area contributed by atoms with Gasteiger partial charge in [0, 0.05) is 24.2 Å². The molecule has 0 aliphatic heterocycles. The van der Waals surface area contributed by atoms with Crippen LogP contribution in [0.4, 0.5) is 0 Å². The molecule has 0 amide bonds. The van der Waals surface area contributed by atoms with Gasteiger partial charge in [-0.15, -0.1) is 0 Å². The molecule has 1 N–H and O–H groups in total. The SMILES string of the molecule is CCCNC(Cc1cc(OC)nc(C)n1)C(C)C. The Kier molecular flexibility index (Phi) is 6.05. The minimum Gasteiger partial charge on any atom is -0.481 e. The number of hydrogen-bond acceptors (Lipinski definition) is 4. The van der Waals surface area contributed by atoms with Gasteiger partial charge in [0.25, 0.3) is 0 Å². The van der Waals surface area contributed by atoms with E-state index in [0.717, 1.165) is 30.9 Å². The average Bonchev–Trinajstić information content (AvgIpc) is 2.33. The van der Waals surface area contributed by atoms with Crippen LogP contribution < -0.4 is 10.1 Å². The van der Waals surface area contributed by atoms with Gasteiger partial charge in [0.1, 0.15) is 5.82 Å². The van der Waals surface area contributed by atoms with E-state index >= 15 is 0 Å². The van der Waals surface area contributed by atoms with Gasteiger partial charge in [-0.3, -0.25) is 0 Å². The highest BCUT2D eigenvalue weighted by Crippen LogP contribution is 2.13. The van der Waals surface area contributed by atoms with E-state index in [-0.39, 0.29) is 0 Å². The van der Waals surface area contributed by atoms with E-state index in [9.17, 15) is 0 Å². The fourth-order valence-electron chi connectivity index (χ4n) is 1.91. The van der Waals surface area contributed by atoms with Crippen LogP contribution in [0.5, 0.6) is 5.88 Å². The zero-order chi connectivity index (χ0) is 13.5. The van der Waals surface area contributed by atoms with Gasteiger partial charge in [-0.05, 0) is 25.8 Å². The number of hydrogen-bond donors (Lipinski definition) is 1. The molecule has 1 heterocycles. The van der Waals surface area contributed by atoms with E-state index in [2.05, 4.69) is 36.1 Å². The first-order valence-electron chi connectivity index (χ1n) is 6.68. The van der Waals surface area contributed by atoms with Gasteiger partial charge in [0.05, 0.1) is 7.11 Å². The summed E-state index contributed by atoms with van der Waals surface area (Å²) < 4.78 is 5.19. The number of aryl methyl sites for hydroxylation is 1. The van der Waals surface area contributed by atoms with Gasteiger partial charge < -0.3 is 10.1 Å². The van der Waals surface area contributed by atoms with Gasteiger partial charge in [-0.1, -0.05) is 20.8 Å². The molecular weight excluding hydrogens is 226 g/mol. The van der Waals surface area contributed by atoms with E-state index in [1.807, 2.05) is 13.0 Å². The minimum absolute atomic E-state index is 0.448. The Morgan fingerprint density at radius 3 is 2.61 bits per heavy atom. The third-order valence-corrected chi connectivity index (χ3v) is 2.97. The van der Waals surface area contributed by atoms with E-state index in [1.54, 1.807) is 7.11 Å². The van der Waals surface area contributed by atoms with Crippen LogP contribution in [0.25, 0.3) is 0 Å². The standard InChI is InChI=1S/C14H25N3O/c1-6-7-15-13(10(2)3)8-12-9-14(18-5)17-11(4)16-12/h9-10,13,15H,6-8H2,1-5H3. The number of ether oxygens (including phenoxy) is 1. The molecule has 0 aromatic carbocycles. The molecule has 102 valence electrons. The molecule has 0 saturated carbocycles. The topological polar surface area (TPSA) is 47.0 Å². The summed E-state index contributed by atoms with van der Waals surface area (Å²) in [5.74, 6) is 2.00. The van der Waals surface area contributed by atoms with Crippen molar-refractivity contribution >= 4 is 0 Å². The van der Waals surface area contributed by atoms with Crippen LogP contribution in [0.1, 0.15) is 38.7 Å². The van der Waals surface area contributed by atoms with E-state index in [0.29, 0.717) is 17.8 Å². The number of methoxy groups -OCH3 is 1. The Labute approximate surface area is 110 Å². The Balaban J connectivity index is 2.76. The summed E-state index contributed by atoms with van der Waals surface area (Å²) in [5.41, 5.74) is 1.04. The van der Waals surface area contributed by atoms with Crippen LogP contribution in [0.3, 0.4) is 0 Å². The molecule has 0 aliphatic carbocycles. The van der Waals surface area contributed by atoms with Crippen LogP contribution in [0.15, 0.2) is 6.07 Å². The van der Waals surface area contributed by atoms with Crippen LogP contribution in [0, 0.1) is 12.8 Å². The van der Waals surface area contributed by atoms with Crippen molar-refractivity contribution in [3.05, 3.63) is 17.6 Å². The summed E-state index contributed by atoms with van der Waals surface area (Å²) >= 11 is 0. The van der Waals surface area contributed by atoms with Crippen LogP contribution >= 0.6 is 0 Å². The molecular formula is C14H25N3O. The van der Waals surface area contributed by atoms with Crippen molar-refractivity contribution in [3.8, 4) is 5.88 Å². The summed E-state index contributed by atoms with van der Waals surface area (Å²) in [7, 11) is 1.64. The lowest BCUT2D eigenvalue weighted by Crippen LogP contribution is -2.36. The van der Waals surface area contributed by atoms with Crippen molar-refractivity contribution in [2.75, 3.05) is 13.7 Å².